The summed E-state index contributed by atoms with van der Waals surface area (Å²) in [6, 6.07) is 14.8. The zero-order valence-corrected chi connectivity index (χ0v) is 16.0. The Hall–Kier alpha value is -2.18. The number of aryl methyl sites for hydroxylation is 2. The molecule has 0 aromatic heterocycles. The van der Waals surface area contributed by atoms with Crippen LogP contribution in [0.3, 0.4) is 0 Å². The van der Waals surface area contributed by atoms with E-state index in [1.54, 1.807) is 29.2 Å². The van der Waals surface area contributed by atoms with Gasteiger partial charge in [-0.1, -0.05) is 47.5 Å². The fourth-order valence-corrected chi connectivity index (χ4v) is 4.45. The van der Waals surface area contributed by atoms with Crippen molar-refractivity contribution in [2.24, 2.45) is 0 Å². The molecule has 1 amide bonds. The number of nitrogens with zero attached hydrogens (tertiary/aromatic N) is 2. The Kier molecular flexibility index (Phi) is 5.44. The fourth-order valence-electron chi connectivity index (χ4n) is 3.03. The van der Waals surface area contributed by atoms with Crippen LogP contribution in [-0.4, -0.2) is 49.7 Å². The fraction of sp³-hybridized carbons (Fsp3) is 0.350. The standard InChI is InChI=1S/C20H24N2O3S/c1-16-3-7-18(8-4-16)15-20(23)21-11-13-22(14-12-21)26(24,25)19-9-5-17(2)6-10-19/h3-10H,11-15H2,1-2H3. The zero-order chi connectivity index (χ0) is 18.7. The summed E-state index contributed by atoms with van der Waals surface area (Å²) in [5, 5.41) is 0. The van der Waals surface area contributed by atoms with Crippen LogP contribution < -0.4 is 0 Å². The molecule has 0 spiro atoms. The van der Waals surface area contributed by atoms with Gasteiger partial charge in [-0.3, -0.25) is 4.79 Å². The Labute approximate surface area is 155 Å². The van der Waals surface area contributed by atoms with Crippen LogP contribution in [0.15, 0.2) is 53.4 Å². The minimum absolute atomic E-state index is 0.0428. The van der Waals surface area contributed by atoms with Crippen molar-refractivity contribution in [1.82, 2.24) is 9.21 Å². The van der Waals surface area contributed by atoms with Crippen LogP contribution >= 0.6 is 0 Å². The predicted molar refractivity (Wildman–Crippen MR) is 101 cm³/mol. The molecule has 0 unspecified atom stereocenters. The van der Waals surface area contributed by atoms with Crippen molar-refractivity contribution in [2.45, 2.75) is 25.2 Å². The van der Waals surface area contributed by atoms with Crippen LogP contribution in [0.4, 0.5) is 0 Å². The lowest BCUT2D eigenvalue weighted by Crippen LogP contribution is -2.50. The predicted octanol–water partition coefficient (Wildman–Crippen LogP) is 2.38. The highest BCUT2D eigenvalue weighted by Gasteiger charge is 2.29. The van der Waals surface area contributed by atoms with E-state index in [1.807, 2.05) is 38.1 Å². The summed E-state index contributed by atoms with van der Waals surface area (Å²) in [4.78, 5) is 14.5. The maximum Gasteiger partial charge on any atom is 0.243 e. The maximum atomic E-state index is 12.7. The van der Waals surface area contributed by atoms with Crippen LogP contribution in [0.2, 0.25) is 0 Å². The Morgan fingerprint density at radius 2 is 1.35 bits per heavy atom. The summed E-state index contributed by atoms with van der Waals surface area (Å²) >= 11 is 0. The van der Waals surface area contributed by atoms with Gasteiger partial charge in [-0.25, -0.2) is 8.42 Å². The van der Waals surface area contributed by atoms with E-state index in [-0.39, 0.29) is 5.91 Å². The molecular formula is C20H24N2O3S. The van der Waals surface area contributed by atoms with Crippen molar-refractivity contribution >= 4 is 15.9 Å². The van der Waals surface area contributed by atoms with Crippen molar-refractivity contribution in [3.8, 4) is 0 Å². The van der Waals surface area contributed by atoms with Crippen molar-refractivity contribution in [3.63, 3.8) is 0 Å². The molecule has 1 fully saturated rings. The van der Waals surface area contributed by atoms with Crippen molar-refractivity contribution in [3.05, 3.63) is 65.2 Å². The summed E-state index contributed by atoms with van der Waals surface area (Å²) < 4.78 is 26.9. The smallest absolute Gasteiger partial charge is 0.243 e. The van der Waals surface area contributed by atoms with Gasteiger partial charge in [0.2, 0.25) is 15.9 Å². The number of rotatable bonds is 4. The molecule has 0 bridgehead atoms. The van der Waals surface area contributed by atoms with Gasteiger partial charge in [0, 0.05) is 26.2 Å². The molecule has 0 radical (unpaired) electrons. The summed E-state index contributed by atoms with van der Waals surface area (Å²) in [5.41, 5.74) is 3.17. The lowest BCUT2D eigenvalue weighted by Gasteiger charge is -2.34. The number of carbonyl (C=O) groups excluding carboxylic acids is 1. The molecule has 1 saturated heterocycles. The van der Waals surface area contributed by atoms with Crippen LogP contribution in [0, 0.1) is 13.8 Å². The third-order valence-corrected chi connectivity index (χ3v) is 6.64. The molecule has 138 valence electrons. The number of hydrogen-bond donors (Lipinski definition) is 0. The number of amides is 1. The van der Waals surface area contributed by atoms with E-state index in [9.17, 15) is 13.2 Å². The summed E-state index contributed by atoms with van der Waals surface area (Å²) in [6.45, 7) is 5.45. The van der Waals surface area contributed by atoms with Gasteiger partial charge in [-0.15, -0.1) is 0 Å². The zero-order valence-electron chi connectivity index (χ0n) is 15.2. The van der Waals surface area contributed by atoms with Gasteiger partial charge in [-0.2, -0.15) is 4.31 Å². The van der Waals surface area contributed by atoms with Crippen LogP contribution in [0.1, 0.15) is 16.7 Å². The average Bonchev–Trinajstić information content (AvgIpc) is 2.64. The molecule has 0 saturated carbocycles. The van der Waals surface area contributed by atoms with E-state index in [0.29, 0.717) is 37.5 Å². The highest BCUT2D eigenvalue weighted by atomic mass is 32.2. The van der Waals surface area contributed by atoms with Gasteiger partial charge >= 0.3 is 0 Å². The first kappa shape index (κ1) is 18.6. The van der Waals surface area contributed by atoms with E-state index in [4.69, 9.17) is 0 Å². The average molecular weight is 372 g/mol. The molecule has 0 atom stereocenters. The van der Waals surface area contributed by atoms with E-state index in [0.717, 1.165) is 16.7 Å². The number of hydrogen-bond acceptors (Lipinski definition) is 3. The van der Waals surface area contributed by atoms with Gasteiger partial charge in [0.1, 0.15) is 0 Å². The van der Waals surface area contributed by atoms with Gasteiger partial charge in [-0.05, 0) is 31.5 Å². The van der Waals surface area contributed by atoms with Crippen LogP contribution in [0.25, 0.3) is 0 Å². The largest absolute Gasteiger partial charge is 0.340 e. The van der Waals surface area contributed by atoms with Gasteiger partial charge in [0.25, 0.3) is 0 Å². The minimum atomic E-state index is -3.50. The summed E-state index contributed by atoms with van der Waals surface area (Å²) in [5.74, 6) is 0.0428. The van der Waals surface area contributed by atoms with E-state index in [1.165, 1.54) is 4.31 Å². The molecule has 1 aliphatic heterocycles. The third-order valence-electron chi connectivity index (χ3n) is 4.73. The Morgan fingerprint density at radius 3 is 1.88 bits per heavy atom. The molecule has 1 heterocycles. The number of carbonyl (C=O) groups is 1. The lowest BCUT2D eigenvalue weighted by atomic mass is 10.1. The van der Waals surface area contributed by atoms with Crippen molar-refractivity contribution in [1.29, 1.82) is 0 Å². The second-order valence-corrected chi connectivity index (χ2v) is 8.70. The molecule has 5 nitrogen and oxygen atoms in total. The first-order valence-electron chi connectivity index (χ1n) is 8.76. The molecule has 6 heteroatoms. The minimum Gasteiger partial charge on any atom is -0.340 e. The summed E-state index contributed by atoms with van der Waals surface area (Å²) in [7, 11) is -3.50. The summed E-state index contributed by atoms with van der Waals surface area (Å²) in [6.07, 6.45) is 0.352. The number of piperazine rings is 1. The van der Waals surface area contributed by atoms with E-state index < -0.39 is 10.0 Å². The molecule has 0 N–H and O–H groups in total. The van der Waals surface area contributed by atoms with Crippen LogP contribution in [-0.2, 0) is 21.2 Å². The normalized spacial score (nSPS) is 15.8. The molecule has 0 aliphatic carbocycles. The first-order valence-corrected chi connectivity index (χ1v) is 10.2. The van der Waals surface area contributed by atoms with E-state index >= 15 is 0 Å². The SMILES string of the molecule is Cc1ccc(CC(=O)N2CCN(S(=O)(=O)c3ccc(C)cc3)CC2)cc1. The van der Waals surface area contributed by atoms with Crippen LogP contribution in [0.5, 0.6) is 0 Å². The van der Waals surface area contributed by atoms with Gasteiger partial charge < -0.3 is 4.90 Å². The second kappa shape index (κ2) is 7.60. The first-order chi connectivity index (χ1) is 12.4. The van der Waals surface area contributed by atoms with Crippen molar-refractivity contribution < 1.29 is 13.2 Å². The molecule has 2 aromatic rings. The maximum absolute atomic E-state index is 12.7. The van der Waals surface area contributed by atoms with E-state index in [2.05, 4.69) is 0 Å². The number of sulfonamides is 1. The Morgan fingerprint density at radius 1 is 0.846 bits per heavy atom. The highest BCUT2D eigenvalue weighted by Crippen LogP contribution is 2.18. The lowest BCUT2D eigenvalue weighted by molar-refractivity contribution is -0.131. The highest BCUT2D eigenvalue weighted by molar-refractivity contribution is 7.89. The number of benzene rings is 2. The molecule has 26 heavy (non-hydrogen) atoms. The Balaban J connectivity index is 1.60. The monoisotopic (exact) mass is 372 g/mol. The molecular weight excluding hydrogens is 348 g/mol. The van der Waals surface area contributed by atoms with Gasteiger partial charge in [0.05, 0.1) is 11.3 Å². The third kappa shape index (κ3) is 4.14. The quantitative estimate of drug-likeness (QED) is 0.828. The molecule has 3 rings (SSSR count). The van der Waals surface area contributed by atoms with Crippen molar-refractivity contribution in [2.75, 3.05) is 26.2 Å². The topological polar surface area (TPSA) is 57.7 Å². The van der Waals surface area contributed by atoms with Gasteiger partial charge in [0.15, 0.2) is 0 Å². The second-order valence-electron chi connectivity index (χ2n) is 6.76. The Bertz CT molecular complexity index is 866. The molecule has 1 aliphatic rings. The molecule has 2 aromatic carbocycles.